The van der Waals surface area contributed by atoms with E-state index in [0.29, 0.717) is 5.76 Å². The Kier molecular flexibility index (Phi) is 2.71. The van der Waals surface area contributed by atoms with Gasteiger partial charge in [0, 0.05) is 13.0 Å². The Balaban J connectivity index is 2.06. The van der Waals surface area contributed by atoms with Gasteiger partial charge in [0.05, 0.1) is 12.8 Å². The molecule has 0 bridgehead atoms. The summed E-state index contributed by atoms with van der Waals surface area (Å²) in [5, 5.41) is -1.24. The van der Waals surface area contributed by atoms with Gasteiger partial charge in [-0.15, -0.1) is 3.89 Å². The second-order valence-electron chi connectivity index (χ2n) is 3.66. The minimum atomic E-state index is -4.64. The van der Waals surface area contributed by atoms with Gasteiger partial charge in [0.25, 0.3) is 0 Å². The van der Waals surface area contributed by atoms with Gasteiger partial charge < -0.3 is 9.32 Å². The Hall–Kier alpha value is -1.37. The van der Waals surface area contributed by atoms with Crippen molar-refractivity contribution in [3.05, 3.63) is 24.2 Å². The molecular weight excluding hydrogens is 237 g/mol. The van der Waals surface area contributed by atoms with Crippen molar-refractivity contribution in [3.8, 4) is 0 Å². The van der Waals surface area contributed by atoms with Crippen molar-refractivity contribution in [1.29, 1.82) is 0 Å². The minimum absolute atomic E-state index is 0.113. The number of nitrogens with zero attached hydrogens (tertiary/aromatic N) is 1. The molecule has 1 aliphatic rings. The quantitative estimate of drug-likeness (QED) is 0.736. The molecule has 1 aromatic heterocycles. The second-order valence-corrected chi connectivity index (χ2v) is 5.27. The summed E-state index contributed by atoms with van der Waals surface area (Å²) in [5.74, 6) is 0.174. The first-order valence-corrected chi connectivity index (χ1v) is 6.15. The molecule has 88 valence electrons. The summed E-state index contributed by atoms with van der Waals surface area (Å²) >= 11 is 0. The lowest BCUT2D eigenvalue weighted by atomic mass is 10.4. The fourth-order valence-corrected chi connectivity index (χ4v) is 2.37. The number of hydrogen-bond acceptors (Lipinski definition) is 4. The van der Waals surface area contributed by atoms with Crippen molar-refractivity contribution in [2.24, 2.45) is 0 Å². The molecule has 2 rings (SSSR count). The first-order chi connectivity index (χ1) is 7.47. The number of carbonyl (C=O) groups is 1. The number of furan rings is 1. The molecule has 1 aromatic rings. The van der Waals surface area contributed by atoms with Crippen molar-refractivity contribution in [3.63, 3.8) is 0 Å². The summed E-state index contributed by atoms with van der Waals surface area (Å²) in [5.41, 5.74) is 0. The Bertz CT molecular complexity index is 482. The molecule has 0 radical (unpaired) electrons. The molecule has 0 spiro atoms. The molecule has 0 saturated carbocycles. The molecule has 1 aliphatic heterocycles. The third kappa shape index (κ3) is 2.24. The third-order valence-corrected chi connectivity index (χ3v) is 3.62. The van der Waals surface area contributed by atoms with E-state index in [1.54, 1.807) is 12.1 Å². The molecule has 1 unspecified atom stereocenters. The van der Waals surface area contributed by atoms with Crippen LogP contribution >= 0.6 is 0 Å². The Morgan fingerprint density at radius 2 is 2.31 bits per heavy atom. The van der Waals surface area contributed by atoms with Gasteiger partial charge in [-0.3, -0.25) is 4.79 Å². The zero-order chi connectivity index (χ0) is 11.8. The number of carbonyl (C=O) groups excluding carboxylic acids is 1. The SMILES string of the molecule is O=C1CC(S(=O)(=O)F)CN1Cc1ccco1. The van der Waals surface area contributed by atoms with Crippen LogP contribution in [0.2, 0.25) is 0 Å². The van der Waals surface area contributed by atoms with Crippen LogP contribution < -0.4 is 0 Å². The predicted octanol–water partition coefficient (Wildman–Crippen LogP) is 0.680. The Morgan fingerprint density at radius 1 is 1.56 bits per heavy atom. The molecule has 16 heavy (non-hydrogen) atoms. The third-order valence-electron chi connectivity index (χ3n) is 2.50. The van der Waals surface area contributed by atoms with Gasteiger partial charge in [-0.05, 0) is 12.1 Å². The lowest BCUT2D eigenvalue weighted by Crippen LogP contribution is -2.26. The number of amides is 1. The van der Waals surface area contributed by atoms with Gasteiger partial charge in [0.15, 0.2) is 0 Å². The Morgan fingerprint density at radius 3 is 2.81 bits per heavy atom. The average molecular weight is 247 g/mol. The maximum Gasteiger partial charge on any atom is 0.307 e. The van der Waals surface area contributed by atoms with Crippen LogP contribution in [0.25, 0.3) is 0 Å². The molecule has 1 amide bonds. The van der Waals surface area contributed by atoms with Crippen LogP contribution in [0.4, 0.5) is 3.89 Å². The lowest BCUT2D eigenvalue weighted by molar-refractivity contribution is -0.128. The molecule has 5 nitrogen and oxygen atoms in total. The average Bonchev–Trinajstić information content (AvgIpc) is 2.76. The number of halogens is 1. The largest absolute Gasteiger partial charge is 0.467 e. The van der Waals surface area contributed by atoms with E-state index < -0.39 is 15.5 Å². The highest BCUT2D eigenvalue weighted by Gasteiger charge is 2.38. The van der Waals surface area contributed by atoms with Crippen LogP contribution in [-0.4, -0.2) is 31.0 Å². The van der Waals surface area contributed by atoms with Crippen molar-refractivity contribution in [2.75, 3.05) is 6.54 Å². The van der Waals surface area contributed by atoms with Crippen LogP contribution in [0.1, 0.15) is 12.2 Å². The van der Waals surface area contributed by atoms with E-state index in [9.17, 15) is 17.1 Å². The minimum Gasteiger partial charge on any atom is -0.467 e. The highest BCUT2D eigenvalue weighted by molar-refractivity contribution is 7.87. The van der Waals surface area contributed by atoms with Gasteiger partial charge in [-0.2, -0.15) is 8.42 Å². The maximum absolute atomic E-state index is 12.7. The molecule has 1 saturated heterocycles. The predicted molar refractivity (Wildman–Crippen MR) is 52.6 cm³/mol. The maximum atomic E-state index is 12.7. The normalized spacial score (nSPS) is 21.7. The monoisotopic (exact) mass is 247 g/mol. The first kappa shape index (κ1) is 11.1. The van der Waals surface area contributed by atoms with Crippen molar-refractivity contribution in [1.82, 2.24) is 4.90 Å². The van der Waals surface area contributed by atoms with Gasteiger partial charge in [-0.25, -0.2) is 0 Å². The molecule has 1 atom stereocenters. The second kappa shape index (κ2) is 3.89. The van der Waals surface area contributed by atoms with Gasteiger partial charge in [0.1, 0.15) is 11.0 Å². The van der Waals surface area contributed by atoms with Crippen LogP contribution in [0.5, 0.6) is 0 Å². The van der Waals surface area contributed by atoms with E-state index in [1.165, 1.54) is 11.2 Å². The van der Waals surface area contributed by atoms with E-state index >= 15 is 0 Å². The van der Waals surface area contributed by atoms with Crippen LogP contribution in [0.3, 0.4) is 0 Å². The van der Waals surface area contributed by atoms with Crippen LogP contribution in [-0.2, 0) is 21.6 Å². The zero-order valence-electron chi connectivity index (χ0n) is 8.30. The topological polar surface area (TPSA) is 67.6 Å². The molecular formula is C9H10FNO4S. The van der Waals surface area contributed by atoms with Crippen LogP contribution in [0, 0.1) is 0 Å². The van der Waals surface area contributed by atoms with Crippen LogP contribution in [0.15, 0.2) is 22.8 Å². The highest BCUT2D eigenvalue weighted by Crippen LogP contribution is 2.21. The number of rotatable bonds is 3. The summed E-state index contributed by atoms with van der Waals surface area (Å²) in [6, 6.07) is 3.34. The molecule has 0 N–H and O–H groups in total. The van der Waals surface area contributed by atoms with Gasteiger partial charge in [-0.1, -0.05) is 0 Å². The molecule has 2 heterocycles. The fourth-order valence-electron chi connectivity index (χ4n) is 1.67. The number of likely N-dealkylation sites (tertiary alicyclic amines) is 1. The van der Waals surface area contributed by atoms with Crippen molar-refractivity contribution >= 4 is 16.1 Å². The molecule has 7 heteroatoms. The van der Waals surface area contributed by atoms with E-state index in [4.69, 9.17) is 4.42 Å². The van der Waals surface area contributed by atoms with Crippen molar-refractivity contribution in [2.45, 2.75) is 18.2 Å². The number of hydrogen-bond donors (Lipinski definition) is 0. The van der Waals surface area contributed by atoms with Gasteiger partial charge >= 0.3 is 10.2 Å². The first-order valence-electron chi connectivity index (χ1n) is 4.70. The molecule has 0 aliphatic carbocycles. The standard InChI is InChI=1S/C9H10FNO4S/c10-16(13,14)8-4-9(12)11(6-8)5-7-2-1-3-15-7/h1-3,8H,4-6H2. The zero-order valence-corrected chi connectivity index (χ0v) is 9.11. The lowest BCUT2D eigenvalue weighted by Gasteiger charge is -2.13. The van der Waals surface area contributed by atoms with E-state index in [0.717, 1.165) is 0 Å². The van der Waals surface area contributed by atoms with Gasteiger partial charge in [0.2, 0.25) is 5.91 Å². The van der Waals surface area contributed by atoms with E-state index in [-0.39, 0.29) is 25.4 Å². The summed E-state index contributed by atoms with van der Waals surface area (Å²) < 4.78 is 39.0. The highest BCUT2D eigenvalue weighted by atomic mass is 32.3. The summed E-state index contributed by atoms with van der Waals surface area (Å²) in [4.78, 5) is 12.7. The smallest absolute Gasteiger partial charge is 0.307 e. The van der Waals surface area contributed by atoms with Crippen molar-refractivity contribution < 1.29 is 21.5 Å². The summed E-state index contributed by atoms with van der Waals surface area (Å²) in [7, 11) is -4.64. The molecule has 1 fully saturated rings. The molecule has 0 aromatic carbocycles. The van der Waals surface area contributed by atoms with E-state index in [1.807, 2.05) is 0 Å². The van der Waals surface area contributed by atoms with E-state index in [2.05, 4.69) is 0 Å². The summed E-state index contributed by atoms with van der Waals surface area (Å²) in [6.45, 7) is 0.0657. The fraction of sp³-hybridized carbons (Fsp3) is 0.444. The Labute approximate surface area is 92.1 Å². The summed E-state index contributed by atoms with van der Waals surface area (Å²) in [6.07, 6.45) is 1.17.